The highest BCUT2D eigenvalue weighted by Crippen LogP contribution is 2.50. The molecular weight excluding hydrogens is 1700 g/mol. The lowest BCUT2D eigenvalue weighted by Crippen LogP contribution is -2.33. The quantitative estimate of drug-likeness (QED) is 0.00925. The van der Waals surface area contributed by atoms with Crippen molar-refractivity contribution in [2.75, 3.05) is 138 Å². The van der Waals surface area contributed by atoms with Crippen LogP contribution in [0.5, 0.6) is 0 Å². The predicted molar refractivity (Wildman–Crippen MR) is 477 cm³/mol. The van der Waals surface area contributed by atoms with Gasteiger partial charge in [-0.25, -0.2) is 9.13 Å². The van der Waals surface area contributed by atoms with E-state index in [0.29, 0.717) is 110 Å². The van der Waals surface area contributed by atoms with E-state index in [4.69, 9.17) is 84.7 Å². The zero-order valence-electron chi connectivity index (χ0n) is 75.3. The monoisotopic (exact) mass is 1830 g/mol. The van der Waals surface area contributed by atoms with Crippen molar-refractivity contribution in [3.05, 3.63) is 153 Å². The summed E-state index contributed by atoms with van der Waals surface area (Å²) in [6.07, 6.45) is 5.13. The van der Waals surface area contributed by atoms with Crippen molar-refractivity contribution in [2.24, 2.45) is 0 Å². The number of ether oxygens (including phenoxy) is 6. The molecule has 6 rings (SSSR count). The molecule has 2 heterocycles. The Kier molecular flexibility index (Phi) is 65.2. The maximum Gasteiger partial charge on any atom is 0.373 e. The van der Waals surface area contributed by atoms with E-state index in [2.05, 4.69) is 40.8 Å². The first kappa shape index (κ1) is 115. The van der Waals surface area contributed by atoms with Gasteiger partial charge in [0.1, 0.15) is 26.0 Å². The lowest BCUT2D eigenvalue weighted by Gasteiger charge is -2.26. The summed E-state index contributed by atoms with van der Waals surface area (Å²) in [6.45, 7) is 33.6. The summed E-state index contributed by atoms with van der Waals surface area (Å²) in [5, 5.41) is 6.35. The third-order valence-corrected chi connectivity index (χ3v) is 21.2. The Hall–Kier alpha value is -9.33. The fourth-order valence-corrected chi connectivity index (χ4v) is 15.8. The topological polar surface area (TPSA) is 383 Å². The number of nitrogens with zero attached hydrogens (tertiary/aromatic N) is 6. The molecule has 4 aromatic carbocycles. The van der Waals surface area contributed by atoms with E-state index >= 15 is 0 Å². The predicted octanol–water partition coefficient (Wildman–Crippen LogP) is 15.7. The van der Waals surface area contributed by atoms with Gasteiger partial charge in [-0.1, -0.05) is 97.9 Å². The number of pyridine rings is 2. The van der Waals surface area contributed by atoms with Crippen molar-refractivity contribution in [1.82, 2.24) is 34.9 Å². The molecule has 0 saturated carbocycles. The van der Waals surface area contributed by atoms with Crippen LogP contribution in [0.15, 0.2) is 97.1 Å². The van der Waals surface area contributed by atoms with Crippen LogP contribution in [0.3, 0.4) is 0 Å². The SMILES string of the molecule is CCCN(COP=O)Cc1cc(C#Cc2ccc(C#CCCCCC(=O)OCC)c3ccccc23)cc(CN(CC(=O)OCC)CP(=O)(OCC)OCC)n1.CCCN(COP=O)Cc1cc(C#Cc2ccc(C(=O)NCCCC(=O)OCC)c3ccccc23)cc(CN(CC(=O)OCC)CP(=O)(OCC)OCC)n1.CCOCC.CCOCC.O=C=O.O=C=O. The van der Waals surface area contributed by atoms with Gasteiger partial charge in [0.15, 0.2) is 0 Å². The van der Waals surface area contributed by atoms with Gasteiger partial charge in [-0.15, -0.1) is 0 Å². The van der Waals surface area contributed by atoms with Gasteiger partial charge in [0.2, 0.25) is 0 Å². The van der Waals surface area contributed by atoms with Crippen molar-refractivity contribution < 1.29 is 117 Å². The van der Waals surface area contributed by atoms with E-state index in [1.165, 1.54) is 0 Å². The first-order valence-corrected chi connectivity index (χ1v) is 47.0. The van der Waals surface area contributed by atoms with E-state index < -0.39 is 44.5 Å². The molecule has 0 spiro atoms. The molecule has 0 unspecified atom stereocenters. The highest BCUT2D eigenvalue weighted by molar-refractivity contribution is 7.54. The Morgan fingerprint density at radius 1 is 0.405 bits per heavy atom. The summed E-state index contributed by atoms with van der Waals surface area (Å²) in [6, 6.07) is 30.4. The molecule has 6 aromatic rings. The molecule has 126 heavy (non-hydrogen) atoms. The number of aromatic nitrogens is 2. The van der Waals surface area contributed by atoms with Crippen molar-refractivity contribution in [2.45, 2.75) is 174 Å². The molecule has 0 radical (unpaired) electrons. The highest BCUT2D eigenvalue weighted by atomic mass is 31.2. The minimum absolute atomic E-state index is 0.0987. The van der Waals surface area contributed by atoms with Crippen LogP contribution in [-0.4, -0.2) is 210 Å². The number of unbranched alkanes of at least 4 members (excludes halogenated alkanes) is 2. The Bertz CT molecular complexity index is 4570. The maximum absolute atomic E-state index is 13.6. The molecule has 1 amide bonds. The van der Waals surface area contributed by atoms with Crippen LogP contribution >= 0.6 is 32.6 Å². The van der Waals surface area contributed by atoms with Gasteiger partial charge >= 0.3 is 68.7 Å². The van der Waals surface area contributed by atoms with Crippen LogP contribution in [0.25, 0.3) is 21.5 Å². The molecule has 0 aliphatic heterocycles. The van der Waals surface area contributed by atoms with Crippen LogP contribution in [0.1, 0.15) is 209 Å². The summed E-state index contributed by atoms with van der Waals surface area (Å²) < 4.78 is 112. The van der Waals surface area contributed by atoms with Crippen LogP contribution in [0, 0.1) is 35.5 Å². The first-order valence-electron chi connectivity index (χ1n) is 42.1. The molecule has 0 fully saturated rings. The van der Waals surface area contributed by atoms with Crippen LogP contribution in [-0.2, 0) is 138 Å². The van der Waals surface area contributed by atoms with E-state index in [-0.39, 0.29) is 128 Å². The second-order valence-electron chi connectivity index (χ2n) is 26.3. The number of carbonyl (C=O) groups excluding carboxylic acids is 9. The van der Waals surface area contributed by atoms with Gasteiger partial charge in [-0.2, -0.15) is 19.2 Å². The summed E-state index contributed by atoms with van der Waals surface area (Å²) in [5.74, 6) is 18.1. The lowest BCUT2D eigenvalue weighted by atomic mass is 9.99. The minimum Gasteiger partial charge on any atom is -0.466 e. The van der Waals surface area contributed by atoms with Crippen LogP contribution in [0.4, 0.5) is 0 Å². The number of nitrogens with one attached hydrogen (secondary N) is 1. The maximum atomic E-state index is 13.6. The number of hydrogen-bond donors (Lipinski definition) is 1. The summed E-state index contributed by atoms with van der Waals surface area (Å²) in [7, 11) is -8.02. The average Bonchev–Trinajstić information content (AvgIpc) is 0.793. The first-order chi connectivity index (χ1) is 60.9. The van der Waals surface area contributed by atoms with Gasteiger partial charge in [-0.05, 0) is 185 Å². The summed E-state index contributed by atoms with van der Waals surface area (Å²) in [4.78, 5) is 111. The third kappa shape index (κ3) is 49.7. The van der Waals surface area contributed by atoms with Crippen molar-refractivity contribution >= 4 is 96.2 Å². The number of rotatable bonds is 51. The van der Waals surface area contributed by atoms with E-state index in [9.17, 15) is 42.2 Å². The second-order valence-corrected chi connectivity index (χ2v) is 31.2. The normalized spacial score (nSPS) is 10.7. The molecule has 690 valence electrons. The molecule has 32 nitrogen and oxygen atoms in total. The molecule has 2 aromatic heterocycles. The Morgan fingerprint density at radius 2 is 0.746 bits per heavy atom. The molecule has 0 bridgehead atoms. The van der Waals surface area contributed by atoms with Crippen molar-refractivity contribution in [1.29, 1.82) is 0 Å². The molecule has 1 N–H and O–H groups in total. The minimum atomic E-state index is -3.60. The molecule has 0 atom stereocenters. The highest BCUT2D eigenvalue weighted by Gasteiger charge is 2.31. The van der Waals surface area contributed by atoms with Gasteiger partial charge in [-0.3, -0.25) is 71.7 Å². The third-order valence-electron chi connectivity index (χ3n) is 16.6. The lowest BCUT2D eigenvalue weighted by molar-refractivity contribution is -0.193. The van der Waals surface area contributed by atoms with E-state index in [0.717, 1.165) is 84.8 Å². The Labute approximate surface area is 745 Å². The molecule has 36 heteroatoms. The molecule has 0 saturated heterocycles. The van der Waals surface area contributed by atoms with Gasteiger partial charge in [0, 0.05) is 125 Å². The van der Waals surface area contributed by atoms with E-state index in [1.54, 1.807) is 83.4 Å². The van der Waals surface area contributed by atoms with Gasteiger partial charge in [0.05, 0.1) is 88.7 Å². The molecule has 0 aliphatic rings. The fourth-order valence-electron chi connectivity index (χ4n) is 12.0. The Morgan fingerprint density at radius 3 is 1.10 bits per heavy atom. The summed E-state index contributed by atoms with van der Waals surface area (Å²) >= 11 is 0. The van der Waals surface area contributed by atoms with Gasteiger partial charge < -0.3 is 51.8 Å². The second kappa shape index (κ2) is 71.7. The van der Waals surface area contributed by atoms with Crippen molar-refractivity contribution in [3.63, 3.8) is 0 Å². The number of amides is 1. The van der Waals surface area contributed by atoms with E-state index in [1.807, 2.05) is 130 Å². The standard InChI is InChI=1S/C41H53N3O9P2.C39H52N4O10P2.2C4H10O.2CO2/c1-6-25-43(31-51-54-47)28-36-26-33(27-37(42-36)29-44(30-41(46)50-8-3)32-55(48,52-9-4)53-10-5)21-22-35-24-23-34(38-18-15-16-19-39(35)38)17-13-11-12-14-20-40(45)49-7-2;1-6-22-42(28-51-54-47)25-32-23-30(24-33(41-32)26-43(27-38(45)50-8-3)29-55(48,52-9-4)53-10-5)17-18-31-19-20-36(35-15-12-11-14-34(31)35)39(46)40-21-13-16-37(44)49-7-2;2*1-3-5-4-2;2*2-1-3/h15-16,18-19,23-24,26-27H,6-12,14,20,25,28-32H2,1-5H3;11-12,14-15,19-20,23-24H,6-10,13,16,21-22,25-29H2,1-5H3,(H,40,46);2*3-4H2,1-2H3;;. The number of benzene rings is 4. The van der Waals surface area contributed by atoms with Gasteiger partial charge in [0.25, 0.3) is 5.91 Å². The summed E-state index contributed by atoms with van der Waals surface area (Å²) in [5.41, 5.74) is 6.68. The number of carbonyl (C=O) groups is 5. The smallest absolute Gasteiger partial charge is 0.373 e. The average molecular weight is 1830 g/mol. The number of fused-ring (bicyclic) bond motifs is 2. The zero-order valence-corrected chi connectivity index (χ0v) is 78.8. The van der Waals surface area contributed by atoms with Crippen LogP contribution in [0.2, 0.25) is 0 Å². The van der Waals surface area contributed by atoms with Crippen LogP contribution < -0.4 is 5.32 Å². The van der Waals surface area contributed by atoms with Crippen molar-refractivity contribution in [3.8, 4) is 35.5 Å². The zero-order chi connectivity index (χ0) is 93.6. The number of hydrogen-bond acceptors (Lipinski definition) is 31. The largest absolute Gasteiger partial charge is 0.466 e. The molecule has 0 aliphatic carbocycles. The Balaban J connectivity index is 0.00000107. The molecular formula is C90H125N7O25P4. The number of esters is 4. The fraction of sp³-hybridized carbons (Fsp3) is 0.522.